The first-order valence-corrected chi connectivity index (χ1v) is 9.58. The molecule has 2 aromatic carbocycles. The topological polar surface area (TPSA) is 58.2 Å². The van der Waals surface area contributed by atoms with E-state index in [0.29, 0.717) is 18.4 Å². The van der Waals surface area contributed by atoms with Crippen molar-refractivity contribution in [2.75, 3.05) is 6.54 Å². The van der Waals surface area contributed by atoms with Gasteiger partial charge in [-0.25, -0.2) is 0 Å². The zero-order chi connectivity index (χ0) is 19.6. The molecule has 2 aromatic rings. The molecule has 0 fully saturated rings. The summed E-state index contributed by atoms with van der Waals surface area (Å²) in [6.45, 7) is 6.48. The molecular weight excluding hydrogens is 336 g/mol. The first kappa shape index (κ1) is 20.7. The molecule has 4 nitrogen and oxygen atoms in total. The van der Waals surface area contributed by atoms with Gasteiger partial charge >= 0.3 is 0 Å². The van der Waals surface area contributed by atoms with Gasteiger partial charge in [0.05, 0.1) is 12.5 Å². The summed E-state index contributed by atoms with van der Waals surface area (Å²) in [5, 5.41) is 5.95. The standard InChI is InChI=1S/C23H30N2O2/c1-17(2)21(14-19-10-6-4-7-11-19)16-24-23(27)15-22(25-18(3)26)20-12-8-5-9-13-20/h4-13,17,21-22H,14-16H2,1-3H3,(H,24,27)(H,25,26). The van der Waals surface area contributed by atoms with E-state index in [1.54, 1.807) is 0 Å². The van der Waals surface area contributed by atoms with Gasteiger partial charge in [0.15, 0.2) is 0 Å². The van der Waals surface area contributed by atoms with Crippen LogP contribution in [0.25, 0.3) is 0 Å². The first-order chi connectivity index (χ1) is 13.0. The number of hydrogen-bond acceptors (Lipinski definition) is 2. The van der Waals surface area contributed by atoms with E-state index in [1.165, 1.54) is 12.5 Å². The minimum absolute atomic E-state index is 0.0451. The minimum atomic E-state index is -0.310. The summed E-state index contributed by atoms with van der Waals surface area (Å²) in [5.41, 5.74) is 2.22. The fourth-order valence-electron chi connectivity index (χ4n) is 3.15. The molecule has 2 unspecified atom stereocenters. The van der Waals surface area contributed by atoms with Crippen molar-refractivity contribution >= 4 is 11.8 Å². The van der Waals surface area contributed by atoms with E-state index >= 15 is 0 Å². The molecule has 144 valence electrons. The maximum atomic E-state index is 12.5. The van der Waals surface area contributed by atoms with E-state index < -0.39 is 0 Å². The lowest BCUT2D eigenvalue weighted by Gasteiger charge is -2.23. The Morgan fingerprint density at radius 3 is 2.07 bits per heavy atom. The van der Waals surface area contributed by atoms with Crippen LogP contribution in [0.4, 0.5) is 0 Å². The van der Waals surface area contributed by atoms with Crippen LogP contribution in [0.3, 0.4) is 0 Å². The number of hydrogen-bond donors (Lipinski definition) is 2. The second-order valence-corrected chi connectivity index (χ2v) is 7.37. The number of carbonyl (C=O) groups excluding carboxylic acids is 2. The predicted molar refractivity (Wildman–Crippen MR) is 109 cm³/mol. The van der Waals surface area contributed by atoms with Crippen LogP contribution in [0.15, 0.2) is 60.7 Å². The molecule has 4 heteroatoms. The normalized spacial score (nSPS) is 13.0. The van der Waals surface area contributed by atoms with Crippen LogP contribution in [0.5, 0.6) is 0 Å². The van der Waals surface area contributed by atoms with Crippen molar-refractivity contribution in [1.82, 2.24) is 10.6 Å². The Labute approximate surface area is 162 Å². The van der Waals surface area contributed by atoms with Gasteiger partial charge in [0.25, 0.3) is 0 Å². The third-order valence-electron chi connectivity index (χ3n) is 4.81. The summed E-state index contributed by atoms with van der Waals surface area (Å²) >= 11 is 0. The fraction of sp³-hybridized carbons (Fsp3) is 0.391. The van der Waals surface area contributed by atoms with Gasteiger partial charge in [0.2, 0.25) is 11.8 Å². The Bertz CT molecular complexity index is 714. The summed E-state index contributed by atoms with van der Waals surface area (Å²) in [7, 11) is 0. The Morgan fingerprint density at radius 2 is 1.52 bits per heavy atom. The predicted octanol–water partition coefficient (Wildman–Crippen LogP) is 3.89. The van der Waals surface area contributed by atoms with E-state index in [9.17, 15) is 9.59 Å². The van der Waals surface area contributed by atoms with Crippen molar-refractivity contribution in [1.29, 1.82) is 0 Å². The lowest BCUT2D eigenvalue weighted by Crippen LogP contribution is -2.36. The van der Waals surface area contributed by atoms with Crippen LogP contribution in [0.2, 0.25) is 0 Å². The molecule has 0 radical (unpaired) electrons. The maximum Gasteiger partial charge on any atom is 0.222 e. The molecule has 0 spiro atoms. The fourth-order valence-corrected chi connectivity index (χ4v) is 3.15. The molecule has 2 rings (SSSR count). The van der Waals surface area contributed by atoms with Crippen LogP contribution in [-0.2, 0) is 16.0 Å². The van der Waals surface area contributed by atoms with Crippen molar-refractivity contribution < 1.29 is 9.59 Å². The molecule has 0 aliphatic heterocycles. The second-order valence-electron chi connectivity index (χ2n) is 7.37. The second kappa shape index (κ2) is 10.5. The lowest BCUT2D eigenvalue weighted by atomic mass is 9.89. The molecule has 2 N–H and O–H groups in total. The summed E-state index contributed by atoms with van der Waals surface area (Å²) in [4.78, 5) is 24.1. The highest BCUT2D eigenvalue weighted by molar-refractivity contribution is 5.79. The van der Waals surface area contributed by atoms with Gasteiger partial charge in [-0.05, 0) is 29.4 Å². The van der Waals surface area contributed by atoms with Crippen LogP contribution in [-0.4, -0.2) is 18.4 Å². The Morgan fingerprint density at radius 1 is 0.926 bits per heavy atom. The number of carbonyl (C=O) groups is 2. The Kier molecular flexibility index (Phi) is 8.05. The van der Waals surface area contributed by atoms with Gasteiger partial charge in [0, 0.05) is 13.5 Å². The van der Waals surface area contributed by atoms with Crippen LogP contribution in [0.1, 0.15) is 44.4 Å². The summed E-state index contributed by atoms with van der Waals surface area (Å²) < 4.78 is 0. The highest BCUT2D eigenvalue weighted by Crippen LogP contribution is 2.18. The van der Waals surface area contributed by atoms with Crippen LogP contribution in [0, 0.1) is 11.8 Å². The van der Waals surface area contributed by atoms with E-state index in [0.717, 1.165) is 12.0 Å². The number of nitrogens with one attached hydrogen (secondary N) is 2. The molecule has 0 aliphatic rings. The van der Waals surface area contributed by atoms with Gasteiger partial charge in [-0.3, -0.25) is 9.59 Å². The number of amides is 2. The SMILES string of the molecule is CC(=O)NC(CC(=O)NCC(Cc1ccccc1)C(C)C)c1ccccc1. The van der Waals surface area contributed by atoms with Gasteiger partial charge in [-0.15, -0.1) is 0 Å². The van der Waals surface area contributed by atoms with Crippen LogP contribution < -0.4 is 10.6 Å². The molecule has 0 bridgehead atoms. The summed E-state index contributed by atoms with van der Waals surface area (Å²) in [6.07, 6.45) is 1.17. The summed E-state index contributed by atoms with van der Waals surface area (Å²) in [5.74, 6) is 0.648. The average Bonchev–Trinajstić information content (AvgIpc) is 2.65. The molecule has 27 heavy (non-hydrogen) atoms. The van der Waals surface area contributed by atoms with Crippen molar-refractivity contribution in [3.63, 3.8) is 0 Å². The van der Waals surface area contributed by atoms with Crippen LogP contribution >= 0.6 is 0 Å². The molecule has 0 heterocycles. The molecule has 0 aromatic heterocycles. The first-order valence-electron chi connectivity index (χ1n) is 9.58. The van der Waals surface area contributed by atoms with E-state index in [1.807, 2.05) is 48.5 Å². The minimum Gasteiger partial charge on any atom is -0.356 e. The Balaban J connectivity index is 1.94. The Hall–Kier alpha value is -2.62. The van der Waals surface area contributed by atoms with E-state index in [2.05, 4.69) is 36.6 Å². The van der Waals surface area contributed by atoms with Crippen molar-refractivity contribution in [3.8, 4) is 0 Å². The average molecular weight is 367 g/mol. The molecule has 2 amide bonds. The third kappa shape index (κ3) is 7.26. The monoisotopic (exact) mass is 366 g/mol. The van der Waals surface area contributed by atoms with Gasteiger partial charge in [-0.2, -0.15) is 0 Å². The van der Waals surface area contributed by atoms with E-state index in [-0.39, 0.29) is 24.3 Å². The number of rotatable bonds is 9. The van der Waals surface area contributed by atoms with Gasteiger partial charge in [0.1, 0.15) is 0 Å². The molecule has 0 aliphatic carbocycles. The quantitative estimate of drug-likeness (QED) is 0.707. The highest BCUT2D eigenvalue weighted by atomic mass is 16.2. The molecular formula is C23H30N2O2. The van der Waals surface area contributed by atoms with E-state index in [4.69, 9.17) is 0 Å². The van der Waals surface area contributed by atoms with Crippen molar-refractivity contribution in [2.24, 2.45) is 11.8 Å². The third-order valence-corrected chi connectivity index (χ3v) is 4.81. The van der Waals surface area contributed by atoms with Gasteiger partial charge < -0.3 is 10.6 Å². The molecule has 2 atom stereocenters. The van der Waals surface area contributed by atoms with Crippen molar-refractivity contribution in [3.05, 3.63) is 71.8 Å². The smallest absolute Gasteiger partial charge is 0.222 e. The molecule has 0 saturated carbocycles. The highest BCUT2D eigenvalue weighted by Gasteiger charge is 2.19. The zero-order valence-electron chi connectivity index (χ0n) is 16.4. The number of benzene rings is 2. The lowest BCUT2D eigenvalue weighted by molar-refractivity contribution is -0.123. The largest absolute Gasteiger partial charge is 0.356 e. The van der Waals surface area contributed by atoms with Crippen molar-refractivity contribution in [2.45, 2.75) is 39.7 Å². The zero-order valence-corrected chi connectivity index (χ0v) is 16.4. The molecule has 0 saturated heterocycles. The summed E-state index contributed by atoms with van der Waals surface area (Å²) in [6, 6.07) is 19.7. The van der Waals surface area contributed by atoms with Gasteiger partial charge in [-0.1, -0.05) is 74.5 Å². The maximum absolute atomic E-state index is 12.5.